The molecule has 0 bridgehead atoms. The van der Waals surface area contributed by atoms with Crippen molar-refractivity contribution >= 4 is 11.8 Å². The van der Waals surface area contributed by atoms with Crippen molar-refractivity contribution in [2.75, 3.05) is 19.7 Å². The van der Waals surface area contributed by atoms with E-state index in [9.17, 15) is 14.0 Å². The monoisotopic (exact) mass is 320 g/mol. The van der Waals surface area contributed by atoms with Crippen LogP contribution in [0.4, 0.5) is 4.39 Å². The number of hydrogen-bond acceptors (Lipinski definition) is 4. The summed E-state index contributed by atoms with van der Waals surface area (Å²) in [6, 6.07) is 9.20. The molecular formula is C16H17FN2O4. The molecule has 1 aromatic carbocycles. The van der Waals surface area contributed by atoms with Gasteiger partial charge in [0.2, 0.25) is 5.91 Å². The van der Waals surface area contributed by atoms with Crippen LogP contribution >= 0.6 is 0 Å². The Bertz CT molecular complexity index is 643. The van der Waals surface area contributed by atoms with Gasteiger partial charge in [0.15, 0.2) is 17.3 Å². The van der Waals surface area contributed by atoms with Gasteiger partial charge in [-0.2, -0.15) is 0 Å². The molecule has 122 valence electrons. The number of nitrogens with one attached hydrogen (secondary N) is 2. The molecule has 0 radical (unpaired) electrons. The summed E-state index contributed by atoms with van der Waals surface area (Å²) < 4.78 is 23.4. The van der Waals surface area contributed by atoms with Gasteiger partial charge in [0.05, 0.1) is 12.8 Å². The van der Waals surface area contributed by atoms with Gasteiger partial charge in [0.1, 0.15) is 6.61 Å². The molecule has 7 heteroatoms. The average Bonchev–Trinajstić information content (AvgIpc) is 3.07. The number of para-hydroxylation sites is 1. The van der Waals surface area contributed by atoms with Gasteiger partial charge >= 0.3 is 0 Å². The number of amides is 2. The molecule has 1 heterocycles. The lowest BCUT2D eigenvalue weighted by atomic mass is 10.3. The van der Waals surface area contributed by atoms with E-state index in [1.165, 1.54) is 24.5 Å². The first-order valence-corrected chi connectivity index (χ1v) is 7.12. The van der Waals surface area contributed by atoms with Crippen LogP contribution in [0, 0.1) is 5.82 Å². The standard InChI is InChI=1S/C16H17FN2O4/c17-12-4-1-2-5-13(12)23-11-9-18-15(20)7-8-19-16(21)14-6-3-10-22-14/h1-6,10H,7-9,11H2,(H,18,20)(H,19,21). The molecule has 0 aliphatic rings. The highest BCUT2D eigenvalue weighted by Gasteiger charge is 2.08. The smallest absolute Gasteiger partial charge is 0.286 e. The molecule has 0 fully saturated rings. The molecule has 1 aromatic heterocycles. The second-order valence-electron chi connectivity index (χ2n) is 4.61. The maximum absolute atomic E-state index is 13.3. The molecule has 0 aliphatic carbocycles. The highest BCUT2D eigenvalue weighted by molar-refractivity contribution is 5.91. The number of carbonyl (C=O) groups excluding carboxylic acids is 2. The molecule has 2 aromatic rings. The fraction of sp³-hybridized carbons (Fsp3) is 0.250. The van der Waals surface area contributed by atoms with Crippen molar-refractivity contribution in [1.82, 2.24) is 10.6 Å². The number of furan rings is 1. The van der Waals surface area contributed by atoms with Crippen molar-refractivity contribution in [2.24, 2.45) is 0 Å². The molecule has 0 saturated heterocycles. The third-order valence-electron chi connectivity index (χ3n) is 2.90. The van der Waals surface area contributed by atoms with Gasteiger partial charge in [-0.3, -0.25) is 9.59 Å². The molecule has 2 N–H and O–H groups in total. The van der Waals surface area contributed by atoms with Crippen molar-refractivity contribution in [3.63, 3.8) is 0 Å². The van der Waals surface area contributed by atoms with Gasteiger partial charge in [-0.05, 0) is 24.3 Å². The molecule has 0 unspecified atom stereocenters. The Kier molecular flexibility index (Phi) is 6.17. The van der Waals surface area contributed by atoms with Gasteiger partial charge in [-0.1, -0.05) is 12.1 Å². The zero-order chi connectivity index (χ0) is 16.5. The lowest BCUT2D eigenvalue weighted by Crippen LogP contribution is -2.32. The number of ether oxygens (including phenoxy) is 1. The summed E-state index contributed by atoms with van der Waals surface area (Å²) in [5.41, 5.74) is 0. The van der Waals surface area contributed by atoms with Crippen LogP contribution in [0.3, 0.4) is 0 Å². The van der Waals surface area contributed by atoms with Gasteiger partial charge < -0.3 is 19.8 Å². The lowest BCUT2D eigenvalue weighted by Gasteiger charge is -2.08. The van der Waals surface area contributed by atoms with E-state index in [0.29, 0.717) is 0 Å². The molecule has 23 heavy (non-hydrogen) atoms. The summed E-state index contributed by atoms with van der Waals surface area (Å²) in [5, 5.41) is 5.19. The van der Waals surface area contributed by atoms with Crippen molar-refractivity contribution in [3.05, 3.63) is 54.2 Å². The van der Waals surface area contributed by atoms with Crippen LogP contribution in [0.5, 0.6) is 5.75 Å². The first-order valence-electron chi connectivity index (χ1n) is 7.12. The predicted octanol–water partition coefficient (Wildman–Crippen LogP) is 1.73. The van der Waals surface area contributed by atoms with E-state index < -0.39 is 5.82 Å². The number of rotatable bonds is 8. The van der Waals surface area contributed by atoms with E-state index in [4.69, 9.17) is 9.15 Å². The second-order valence-corrected chi connectivity index (χ2v) is 4.61. The Morgan fingerprint density at radius 2 is 1.91 bits per heavy atom. The summed E-state index contributed by atoms with van der Waals surface area (Å²) in [4.78, 5) is 23.1. The Morgan fingerprint density at radius 1 is 1.09 bits per heavy atom. The first kappa shape index (κ1) is 16.5. The highest BCUT2D eigenvalue weighted by Crippen LogP contribution is 2.14. The highest BCUT2D eigenvalue weighted by atomic mass is 19.1. The fourth-order valence-corrected chi connectivity index (χ4v) is 1.79. The molecule has 6 nitrogen and oxygen atoms in total. The number of hydrogen-bond donors (Lipinski definition) is 2. The van der Waals surface area contributed by atoms with Crippen LogP contribution in [0.2, 0.25) is 0 Å². The molecule has 0 spiro atoms. The van der Waals surface area contributed by atoms with Gasteiger partial charge in [0.25, 0.3) is 5.91 Å². The summed E-state index contributed by atoms with van der Waals surface area (Å²) in [5.74, 6) is -0.705. The minimum Gasteiger partial charge on any atom is -0.489 e. The van der Waals surface area contributed by atoms with Crippen molar-refractivity contribution < 1.29 is 23.1 Å². The molecule has 0 saturated carbocycles. The summed E-state index contributed by atoms with van der Waals surface area (Å²) in [6.45, 7) is 0.601. The number of benzene rings is 1. The van der Waals surface area contributed by atoms with E-state index in [0.717, 1.165) is 0 Å². The topological polar surface area (TPSA) is 80.6 Å². The third-order valence-corrected chi connectivity index (χ3v) is 2.90. The van der Waals surface area contributed by atoms with Crippen molar-refractivity contribution in [2.45, 2.75) is 6.42 Å². The quantitative estimate of drug-likeness (QED) is 0.726. The molecule has 2 rings (SSSR count). The molecule has 0 atom stereocenters. The lowest BCUT2D eigenvalue weighted by molar-refractivity contribution is -0.121. The van der Waals surface area contributed by atoms with Crippen LogP contribution in [-0.4, -0.2) is 31.5 Å². The van der Waals surface area contributed by atoms with E-state index in [2.05, 4.69) is 10.6 Å². The molecule has 2 amide bonds. The second kappa shape index (κ2) is 8.57. The Morgan fingerprint density at radius 3 is 2.65 bits per heavy atom. The first-order chi connectivity index (χ1) is 11.2. The maximum Gasteiger partial charge on any atom is 0.286 e. The Hall–Kier alpha value is -2.83. The van der Waals surface area contributed by atoms with Gasteiger partial charge in [0, 0.05) is 13.0 Å². The van der Waals surface area contributed by atoms with Crippen LogP contribution in [-0.2, 0) is 4.79 Å². The SMILES string of the molecule is O=C(CCNC(=O)c1ccco1)NCCOc1ccccc1F. The molecular weight excluding hydrogens is 303 g/mol. The van der Waals surface area contributed by atoms with Crippen LogP contribution in [0.25, 0.3) is 0 Å². The van der Waals surface area contributed by atoms with E-state index in [1.807, 2.05) is 0 Å². The minimum atomic E-state index is -0.445. The van der Waals surface area contributed by atoms with Crippen LogP contribution in [0.1, 0.15) is 17.0 Å². The summed E-state index contributed by atoms with van der Waals surface area (Å²) >= 11 is 0. The van der Waals surface area contributed by atoms with Crippen molar-refractivity contribution in [3.8, 4) is 5.75 Å². The normalized spacial score (nSPS) is 10.1. The van der Waals surface area contributed by atoms with Crippen LogP contribution in [0.15, 0.2) is 47.1 Å². The largest absolute Gasteiger partial charge is 0.489 e. The third kappa shape index (κ3) is 5.46. The number of halogens is 1. The average molecular weight is 320 g/mol. The Balaban J connectivity index is 1.57. The Labute approximate surface area is 132 Å². The number of carbonyl (C=O) groups is 2. The predicted molar refractivity (Wildman–Crippen MR) is 80.6 cm³/mol. The summed E-state index contributed by atoms with van der Waals surface area (Å²) in [7, 11) is 0. The zero-order valence-electron chi connectivity index (χ0n) is 12.4. The zero-order valence-corrected chi connectivity index (χ0v) is 12.4. The van der Waals surface area contributed by atoms with Crippen molar-refractivity contribution in [1.29, 1.82) is 0 Å². The maximum atomic E-state index is 13.3. The van der Waals surface area contributed by atoms with E-state index in [-0.39, 0.29) is 49.4 Å². The minimum absolute atomic E-state index is 0.131. The van der Waals surface area contributed by atoms with E-state index >= 15 is 0 Å². The van der Waals surface area contributed by atoms with E-state index in [1.54, 1.807) is 18.2 Å². The van der Waals surface area contributed by atoms with Crippen LogP contribution < -0.4 is 15.4 Å². The molecule has 0 aliphatic heterocycles. The fourth-order valence-electron chi connectivity index (χ4n) is 1.79. The van der Waals surface area contributed by atoms with Gasteiger partial charge in [-0.25, -0.2) is 4.39 Å². The van der Waals surface area contributed by atoms with Gasteiger partial charge in [-0.15, -0.1) is 0 Å². The summed E-state index contributed by atoms with van der Waals surface area (Å²) in [6.07, 6.45) is 1.53.